The average molecular weight is 934 g/mol. The molecule has 0 bridgehead atoms. The second kappa shape index (κ2) is 23.3. The molecule has 8 heteroatoms. The lowest BCUT2D eigenvalue weighted by molar-refractivity contribution is -0.00209. The van der Waals surface area contributed by atoms with Crippen molar-refractivity contribution in [1.29, 1.82) is 0 Å². The van der Waals surface area contributed by atoms with Crippen molar-refractivity contribution in [1.82, 2.24) is 0 Å². The second-order valence-electron chi connectivity index (χ2n) is 15.4. The van der Waals surface area contributed by atoms with Crippen LogP contribution in [0, 0.1) is 0 Å². The smallest absolute Gasteiger partial charge is 0.153 e. The largest absolute Gasteiger partial charge is 0.494 e. The highest BCUT2D eigenvalue weighted by Gasteiger charge is 2.37. The molecule has 0 aliphatic heterocycles. The molecule has 8 aromatic rings. The number of thiophene rings is 1. The first kappa shape index (κ1) is 44.9. The van der Waals surface area contributed by atoms with E-state index < -0.39 is 5.60 Å². The van der Waals surface area contributed by atoms with E-state index in [0.717, 1.165) is 95.9 Å². The van der Waals surface area contributed by atoms with E-state index in [1.165, 1.54) is 0 Å². The predicted molar refractivity (Wildman–Crippen MR) is 263 cm³/mol. The SMILES string of the molecule is Brc1ccc(-c2sc3cc(OCc4ccccc4)ccc3c2Oc2ccc(OCCCCOCCCOCCCOC(c3ccccc3)(c3ccccc3)c3ccccc3)cc2)cc1. The number of hydrogen-bond donors (Lipinski definition) is 0. The number of benzene rings is 7. The van der Waals surface area contributed by atoms with Gasteiger partial charge in [-0.05, 0) is 108 Å². The Hall–Kier alpha value is -5.74. The summed E-state index contributed by atoms with van der Waals surface area (Å²) in [6.07, 6.45) is 3.47. The van der Waals surface area contributed by atoms with Gasteiger partial charge in [0.2, 0.25) is 0 Å². The summed E-state index contributed by atoms with van der Waals surface area (Å²) in [4.78, 5) is 1.06. The Morgan fingerprint density at radius 2 is 0.969 bits per heavy atom. The lowest BCUT2D eigenvalue weighted by atomic mass is 9.80. The van der Waals surface area contributed by atoms with Crippen LogP contribution in [0.3, 0.4) is 0 Å². The van der Waals surface area contributed by atoms with Gasteiger partial charge in [0.15, 0.2) is 5.75 Å². The third-order valence-electron chi connectivity index (χ3n) is 10.8. The molecule has 0 atom stereocenters. The Bertz CT molecular complexity index is 2490. The predicted octanol–water partition coefficient (Wildman–Crippen LogP) is 14.7. The van der Waals surface area contributed by atoms with Crippen LogP contribution in [0.2, 0.25) is 0 Å². The summed E-state index contributed by atoms with van der Waals surface area (Å²) in [6.45, 7) is 4.34. The van der Waals surface area contributed by atoms with E-state index in [1.54, 1.807) is 11.3 Å². The van der Waals surface area contributed by atoms with Gasteiger partial charge in [-0.2, -0.15) is 0 Å². The molecular formula is C56H53BrO6S. The zero-order chi connectivity index (χ0) is 43.7. The highest BCUT2D eigenvalue weighted by molar-refractivity contribution is 9.10. The van der Waals surface area contributed by atoms with E-state index in [-0.39, 0.29) is 0 Å². The van der Waals surface area contributed by atoms with Crippen LogP contribution in [0.1, 0.15) is 47.9 Å². The zero-order valence-corrected chi connectivity index (χ0v) is 38.3. The molecule has 0 aliphatic rings. The summed E-state index contributed by atoms with van der Waals surface area (Å²) < 4.78 is 39.7. The molecule has 0 aliphatic carbocycles. The molecule has 0 saturated heterocycles. The van der Waals surface area contributed by atoms with Crippen molar-refractivity contribution in [3.8, 4) is 33.4 Å². The van der Waals surface area contributed by atoms with Gasteiger partial charge in [-0.1, -0.05) is 149 Å². The Kier molecular flexibility index (Phi) is 16.3. The van der Waals surface area contributed by atoms with Crippen molar-refractivity contribution in [2.75, 3.05) is 39.6 Å². The van der Waals surface area contributed by atoms with Crippen molar-refractivity contribution < 1.29 is 28.4 Å². The standard InChI is InChI=1S/C56H53BrO6S/c57-48-27-25-44(26-28-48)55-54(52-34-33-51(41-53(52)64-55)61-42-43-17-5-1-6-18-43)63-50-31-29-49(30-32-50)60-39-14-13-35-58-36-15-37-59-38-16-40-62-56(45-19-7-2-8-20-45,46-21-9-3-10-22-46)47-23-11-4-12-24-47/h1-12,17-34,41H,13-16,35-40,42H2. The molecule has 7 aromatic carbocycles. The molecule has 326 valence electrons. The van der Waals surface area contributed by atoms with Crippen molar-refractivity contribution in [2.24, 2.45) is 0 Å². The molecule has 8 rings (SSSR count). The van der Waals surface area contributed by atoms with E-state index in [0.29, 0.717) is 46.2 Å². The van der Waals surface area contributed by atoms with E-state index in [4.69, 9.17) is 28.4 Å². The van der Waals surface area contributed by atoms with Crippen LogP contribution in [0.15, 0.2) is 193 Å². The van der Waals surface area contributed by atoms with E-state index in [9.17, 15) is 0 Å². The second-order valence-corrected chi connectivity index (χ2v) is 17.4. The summed E-state index contributed by atoms with van der Waals surface area (Å²) in [5, 5.41) is 1.04. The lowest BCUT2D eigenvalue weighted by Crippen LogP contribution is -2.33. The number of rotatable bonds is 24. The molecule has 0 amide bonds. The van der Waals surface area contributed by atoms with E-state index >= 15 is 0 Å². The molecule has 0 N–H and O–H groups in total. The van der Waals surface area contributed by atoms with Crippen LogP contribution in [0.4, 0.5) is 0 Å². The quantitative estimate of drug-likeness (QED) is 0.0444. The van der Waals surface area contributed by atoms with E-state index in [2.05, 4.69) is 137 Å². The fourth-order valence-corrected chi connectivity index (χ4v) is 9.04. The molecule has 0 fully saturated rings. The fraction of sp³-hybridized carbons (Fsp3) is 0.214. The normalized spacial score (nSPS) is 11.5. The molecule has 64 heavy (non-hydrogen) atoms. The number of fused-ring (bicyclic) bond motifs is 1. The third kappa shape index (κ3) is 11.9. The summed E-state index contributed by atoms with van der Waals surface area (Å²) in [7, 11) is 0. The van der Waals surface area contributed by atoms with Gasteiger partial charge in [-0.25, -0.2) is 0 Å². The first-order chi connectivity index (χ1) is 31.7. The van der Waals surface area contributed by atoms with Crippen molar-refractivity contribution >= 4 is 37.4 Å². The van der Waals surface area contributed by atoms with Gasteiger partial charge in [0.25, 0.3) is 0 Å². The monoisotopic (exact) mass is 932 g/mol. The first-order valence-corrected chi connectivity index (χ1v) is 23.6. The van der Waals surface area contributed by atoms with Gasteiger partial charge >= 0.3 is 0 Å². The van der Waals surface area contributed by atoms with Gasteiger partial charge < -0.3 is 28.4 Å². The van der Waals surface area contributed by atoms with Crippen LogP contribution in [0.5, 0.6) is 23.0 Å². The van der Waals surface area contributed by atoms with Gasteiger partial charge in [0.1, 0.15) is 29.5 Å². The Morgan fingerprint density at radius 1 is 0.453 bits per heavy atom. The Morgan fingerprint density at radius 3 is 1.58 bits per heavy atom. The molecule has 1 heterocycles. The maximum absolute atomic E-state index is 6.86. The number of ether oxygens (including phenoxy) is 6. The molecule has 0 saturated carbocycles. The van der Waals surface area contributed by atoms with Crippen molar-refractivity contribution in [2.45, 2.75) is 37.9 Å². The van der Waals surface area contributed by atoms with Gasteiger partial charge in [0, 0.05) is 41.0 Å². The summed E-state index contributed by atoms with van der Waals surface area (Å²) in [5.41, 5.74) is 4.83. The Labute approximate surface area is 389 Å². The molecule has 6 nitrogen and oxygen atoms in total. The third-order valence-corrected chi connectivity index (χ3v) is 12.5. The van der Waals surface area contributed by atoms with Crippen molar-refractivity contribution in [3.63, 3.8) is 0 Å². The highest BCUT2D eigenvalue weighted by atomic mass is 79.9. The Balaban J connectivity index is 0.737. The average Bonchev–Trinajstić information content (AvgIpc) is 3.71. The maximum atomic E-state index is 6.86. The number of halogens is 1. The molecule has 0 radical (unpaired) electrons. The zero-order valence-electron chi connectivity index (χ0n) is 35.9. The van der Waals surface area contributed by atoms with Crippen molar-refractivity contribution in [3.05, 3.63) is 215 Å². The maximum Gasteiger partial charge on any atom is 0.153 e. The summed E-state index contributed by atoms with van der Waals surface area (Å²) >= 11 is 5.28. The summed E-state index contributed by atoms with van der Waals surface area (Å²) in [5.74, 6) is 3.21. The van der Waals surface area contributed by atoms with Crippen LogP contribution < -0.4 is 14.2 Å². The van der Waals surface area contributed by atoms with Gasteiger partial charge in [0.05, 0.1) is 18.1 Å². The molecule has 1 aromatic heterocycles. The summed E-state index contributed by atoms with van der Waals surface area (Å²) in [6, 6.07) is 64.1. The van der Waals surface area contributed by atoms with Crippen LogP contribution in [-0.4, -0.2) is 39.6 Å². The molecule has 0 unspecified atom stereocenters. The van der Waals surface area contributed by atoms with Gasteiger partial charge in [-0.15, -0.1) is 11.3 Å². The molecular weight excluding hydrogens is 881 g/mol. The van der Waals surface area contributed by atoms with Crippen LogP contribution in [0.25, 0.3) is 20.5 Å². The number of unbranched alkanes of at least 4 members (excludes halogenated alkanes) is 1. The van der Waals surface area contributed by atoms with Crippen LogP contribution in [-0.2, 0) is 26.4 Å². The lowest BCUT2D eigenvalue weighted by Gasteiger charge is -2.36. The van der Waals surface area contributed by atoms with Crippen LogP contribution >= 0.6 is 27.3 Å². The first-order valence-electron chi connectivity index (χ1n) is 22.0. The minimum atomic E-state index is -0.708. The highest BCUT2D eigenvalue weighted by Crippen LogP contribution is 2.47. The minimum absolute atomic E-state index is 0.515. The fourth-order valence-electron chi connectivity index (χ4n) is 7.62. The topological polar surface area (TPSA) is 55.4 Å². The minimum Gasteiger partial charge on any atom is -0.494 e. The van der Waals surface area contributed by atoms with E-state index in [1.807, 2.05) is 66.7 Å². The molecule has 0 spiro atoms. The number of hydrogen-bond acceptors (Lipinski definition) is 7. The van der Waals surface area contributed by atoms with Gasteiger partial charge in [-0.3, -0.25) is 0 Å².